The van der Waals surface area contributed by atoms with Crippen molar-refractivity contribution < 1.29 is 14.3 Å². The van der Waals surface area contributed by atoms with Gasteiger partial charge in [-0.3, -0.25) is 4.79 Å². The summed E-state index contributed by atoms with van der Waals surface area (Å²) in [5.74, 6) is 0.177. The summed E-state index contributed by atoms with van der Waals surface area (Å²) in [4.78, 5) is 11.9. The van der Waals surface area contributed by atoms with Gasteiger partial charge in [0.25, 0.3) is 0 Å². The normalized spacial score (nSPS) is 20.8. The summed E-state index contributed by atoms with van der Waals surface area (Å²) in [6, 6.07) is 7.80. The van der Waals surface area contributed by atoms with Crippen molar-refractivity contribution in [2.75, 3.05) is 25.1 Å². The van der Waals surface area contributed by atoms with Crippen molar-refractivity contribution in [1.29, 1.82) is 0 Å². The molecule has 0 bridgehead atoms. The molecule has 0 radical (unpaired) electrons. The fraction of sp³-hybridized carbons (Fsp3) is 0.533. The van der Waals surface area contributed by atoms with Gasteiger partial charge in [-0.2, -0.15) is 0 Å². The highest BCUT2D eigenvalue weighted by molar-refractivity contribution is 5.90. The third kappa shape index (κ3) is 4.33. The Hall–Kier alpha value is -1.39. The molecule has 1 amide bonds. The zero-order chi connectivity index (χ0) is 13.7. The lowest BCUT2D eigenvalue weighted by molar-refractivity contribution is -0.125. The second kappa shape index (κ2) is 6.68. The smallest absolute Gasteiger partial charge is 0.224 e. The van der Waals surface area contributed by atoms with Gasteiger partial charge in [-0.1, -0.05) is 24.6 Å². The molecule has 0 unspecified atom stereocenters. The van der Waals surface area contributed by atoms with Crippen LogP contribution in [-0.2, 0) is 14.3 Å². The standard InChI is InChI=1S/C15H21NO3/c1-11-3-5-13(6-4-11)16-15(17)9-12(2)14-10-18-7-8-19-14/h3-6,12,14H,7-10H2,1-2H3,(H,16,17)/t12-,14-/m1/s1. The molecule has 1 fully saturated rings. The Labute approximate surface area is 114 Å². The fourth-order valence-corrected chi connectivity index (χ4v) is 2.11. The van der Waals surface area contributed by atoms with Crippen molar-refractivity contribution in [3.8, 4) is 0 Å². The van der Waals surface area contributed by atoms with E-state index in [1.807, 2.05) is 38.1 Å². The van der Waals surface area contributed by atoms with Crippen LogP contribution in [0.5, 0.6) is 0 Å². The molecule has 2 atom stereocenters. The molecule has 19 heavy (non-hydrogen) atoms. The maximum Gasteiger partial charge on any atom is 0.224 e. The van der Waals surface area contributed by atoms with Crippen molar-refractivity contribution in [3.63, 3.8) is 0 Å². The first-order valence-corrected chi connectivity index (χ1v) is 6.71. The van der Waals surface area contributed by atoms with Gasteiger partial charge < -0.3 is 14.8 Å². The summed E-state index contributed by atoms with van der Waals surface area (Å²) < 4.78 is 11.0. The minimum atomic E-state index is 0.0190. The van der Waals surface area contributed by atoms with Crippen LogP contribution in [0.3, 0.4) is 0 Å². The average Bonchev–Trinajstić information content (AvgIpc) is 2.42. The number of amides is 1. The molecule has 0 spiro atoms. The molecule has 1 aliphatic heterocycles. The summed E-state index contributed by atoms with van der Waals surface area (Å²) in [6.45, 7) is 5.90. The molecule has 1 aromatic rings. The molecule has 1 aliphatic rings. The lowest BCUT2D eigenvalue weighted by Gasteiger charge is -2.27. The van der Waals surface area contributed by atoms with Gasteiger partial charge >= 0.3 is 0 Å². The van der Waals surface area contributed by atoms with Gasteiger partial charge in [0.15, 0.2) is 0 Å². The first kappa shape index (κ1) is 14.0. The van der Waals surface area contributed by atoms with Crippen LogP contribution in [0.15, 0.2) is 24.3 Å². The minimum absolute atomic E-state index is 0.0190. The number of carbonyl (C=O) groups excluding carboxylic acids is 1. The summed E-state index contributed by atoms with van der Waals surface area (Å²) in [5, 5.41) is 2.90. The molecule has 4 heteroatoms. The number of carbonyl (C=O) groups is 1. The van der Waals surface area contributed by atoms with Crippen LogP contribution in [0.1, 0.15) is 18.9 Å². The highest BCUT2D eigenvalue weighted by atomic mass is 16.6. The molecule has 0 aromatic heterocycles. The SMILES string of the molecule is Cc1ccc(NC(=O)C[C@@H](C)[C@H]2COCCO2)cc1. The molecule has 2 rings (SSSR count). The first-order valence-electron chi connectivity index (χ1n) is 6.71. The molecule has 1 N–H and O–H groups in total. The fourth-order valence-electron chi connectivity index (χ4n) is 2.11. The highest BCUT2D eigenvalue weighted by Gasteiger charge is 2.23. The lowest BCUT2D eigenvalue weighted by atomic mass is 10.0. The Morgan fingerprint density at radius 3 is 2.74 bits per heavy atom. The Morgan fingerprint density at radius 2 is 2.11 bits per heavy atom. The van der Waals surface area contributed by atoms with E-state index >= 15 is 0 Å². The van der Waals surface area contributed by atoms with E-state index in [2.05, 4.69) is 5.32 Å². The van der Waals surface area contributed by atoms with Crippen LogP contribution >= 0.6 is 0 Å². The minimum Gasteiger partial charge on any atom is -0.376 e. The molecule has 104 valence electrons. The lowest BCUT2D eigenvalue weighted by Crippen LogP contribution is -2.35. The van der Waals surface area contributed by atoms with Gasteiger partial charge in [-0.25, -0.2) is 0 Å². The van der Waals surface area contributed by atoms with E-state index < -0.39 is 0 Å². The maximum atomic E-state index is 11.9. The third-order valence-corrected chi connectivity index (χ3v) is 3.32. The largest absolute Gasteiger partial charge is 0.376 e. The second-order valence-corrected chi connectivity index (χ2v) is 5.08. The van der Waals surface area contributed by atoms with Gasteiger partial charge in [-0.05, 0) is 25.0 Å². The van der Waals surface area contributed by atoms with Crippen LogP contribution in [-0.4, -0.2) is 31.8 Å². The van der Waals surface area contributed by atoms with Crippen LogP contribution < -0.4 is 5.32 Å². The van der Waals surface area contributed by atoms with E-state index in [4.69, 9.17) is 9.47 Å². The van der Waals surface area contributed by atoms with Crippen molar-refractivity contribution in [3.05, 3.63) is 29.8 Å². The number of hydrogen-bond donors (Lipinski definition) is 1. The molecule has 0 aliphatic carbocycles. The number of rotatable bonds is 4. The number of aryl methyl sites for hydroxylation is 1. The quantitative estimate of drug-likeness (QED) is 0.907. The Balaban J connectivity index is 1.81. The van der Waals surface area contributed by atoms with E-state index in [0.717, 1.165) is 5.69 Å². The van der Waals surface area contributed by atoms with Gasteiger partial charge in [0.05, 0.1) is 25.9 Å². The summed E-state index contributed by atoms with van der Waals surface area (Å²) >= 11 is 0. The average molecular weight is 263 g/mol. The molecule has 0 saturated carbocycles. The molecule has 1 heterocycles. The molecule has 4 nitrogen and oxygen atoms in total. The Kier molecular flexibility index (Phi) is 4.93. The molecule has 1 saturated heterocycles. The molecular weight excluding hydrogens is 242 g/mol. The zero-order valence-electron chi connectivity index (χ0n) is 11.5. The topological polar surface area (TPSA) is 47.6 Å². The van der Waals surface area contributed by atoms with Crippen molar-refractivity contribution in [2.24, 2.45) is 5.92 Å². The van der Waals surface area contributed by atoms with E-state index in [-0.39, 0.29) is 17.9 Å². The number of benzene rings is 1. The third-order valence-electron chi connectivity index (χ3n) is 3.32. The maximum absolute atomic E-state index is 11.9. The van der Waals surface area contributed by atoms with E-state index in [9.17, 15) is 4.79 Å². The Morgan fingerprint density at radius 1 is 1.37 bits per heavy atom. The Bertz CT molecular complexity index is 410. The van der Waals surface area contributed by atoms with Crippen LogP contribution in [0, 0.1) is 12.8 Å². The van der Waals surface area contributed by atoms with Gasteiger partial charge in [0.2, 0.25) is 5.91 Å². The van der Waals surface area contributed by atoms with Gasteiger partial charge in [-0.15, -0.1) is 0 Å². The summed E-state index contributed by atoms with van der Waals surface area (Å²) in [5.41, 5.74) is 2.02. The van der Waals surface area contributed by atoms with Crippen LogP contribution in [0.4, 0.5) is 5.69 Å². The zero-order valence-corrected chi connectivity index (χ0v) is 11.5. The number of anilines is 1. The van der Waals surface area contributed by atoms with Crippen molar-refractivity contribution in [1.82, 2.24) is 0 Å². The van der Waals surface area contributed by atoms with Crippen LogP contribution in [0.25, 0.3) is 0 Å². The summed E-state index contributed by atoms with van der Waals surface area (Å²) in [7, 11) is 0. The second-order valence-electron chi connectivity index (χ2n) is 5.08. The monoisotopic (exact) mass is 263 g/mol. The van der Waals surface area contributed by atoms with Gasteiger partial charge in [0.1, 0.15) is 0 Å². The highest BCUT2D eigenvalue weighted by Crippen LogP contribution is 2.17. The number of hydrogen-bond acceptors (Lipinski definition) is 3. The van der Waals surface area contributed by atoms with Crippen molar-refractivity contribution in [2.45, 2.75) is 26.4 Å². The predicted octanol–water partition coefficient (Wildman–Crippen LogP) is 2.38. The van der Waals surface area contributed by atoms with E-state index in [0.29, 0.717) is 26.2 Å². The van der Waals surface area contributed by atoms with Crippen LogP contribution in [0.2, 0.25) is 0 Å². The number of ether oxygens (including phenoxy) is 2. The molecule has 1 aromatic carbocycles. The predicted molar refractivity (Wildman–Crippen MR) is 74.1 cm³/mol. The molecular formula is C15H21NO3. The van der Waals surface area contributed by atoms with Crippen molar-refractivity contribution >= 4 is 11.6 Å². The number of nitrogens with one attached hydrogen (secondary N) is 1. The van der Waals surface area contributed by atoms with E-state index in [1.54, 1.807) is 0 Å². The van der Waals surface area contributed by atoms with E-state index in [1.165, 1.54) is 5.56 Å². The summed E-state index contributed by atoms with van der Waals surface area (Å²) in [6.07, 6.45) is 0.472. The first-order chi connectivity index (χ1) is 9.15. The van der Waals surface area contributed by atoms with Gasteiger partial charge in [0, 0.05) is 12.1 Å².